The van der Waals surface area contributed by atoms with E-state index in [2.05, 4.69) is 39.2 Å². The molecular weight excluding hydrogens is 390 g/mol. The first-order valence-electron chi connectivity index (χ1n) is 10.6. The molecule has 31 heavy (non-hydrogen) atoms. The van der Waals surface area contributed by atoms with Crippen molar-refractivity contribution in [2.24, 2.45) is 0 Å². The molecule has 0 aliphatic carbocycles. The number of nitrogens with one attached hydrogen (secondary N) is 1. The molecule has 7 heteroatoms. The maximum absolute atomic E-state index is 5.58. The summed E-state index contributed by atoms with van der Waals surface area (Å²) < 4.78 is 10.9. The molecule has 0 spiro atoms. The summed E-state index contributed by atoms with van der Waals surface area (Å²) in [6, 6.07) is 12.4. The predicted octanol–water partition coefficient (Wildman–Crippen LogP) is 3.65. The van der Waals surface area contributed by atoms with Crippen molar-refractivity contribution in [3.63, 3.8) is 0 Å². The number of ether oxygens (including phenoxy) is 2. The Hall–Kier alpha value is -3.03. The van der Waals surface area contributed by atoms with Crippen LogP contribution in [-0.2, 0) is 4.74 Å². The van der Waals surface area contributed by atoms with Crippen LogP contribution in [0.3, 0.4) is 0 Å². The topological polar surface area (TPSA) is 72.4 Å². The van der Waals surface area contributed by atoms with Crippen molar-refractivity contribution in [3.05, 3.63) is 65.6 Å². The van der Waals surface area contributed by atoms with Gasteiger partial charge in [0.1, 0.15) is 11.6 Å². The lowest BCUT2D eigenvalue weighted by Gasteiger charge is -2.35. The number of anilines is 1. The molecule has 1 saturated heterocycles. The number of aromatic nitrogens is 3. The number of morpholine rings is 1. The van der Waals surface area contributed by atoms with Gasteiger partial charge in [-0.2, -0.15) is 0 Å². The Morgan fingerprint density at radius 1 is 1.10 bits per heavy atom. The van der Waals surface area contributed by atoms with Crippen LogP contribution in [0.25, 0.3) is 11.4 Å². The van der Waals surface area contributed by atoms with Crippen molar-refractivity contribution in [3.8, 4) is 17.1 Å². The van der Waals surface area contributed by atoms with Crippen molar-refractivity contribution >= 4 is 5.82 Å². The summed E-state index contributed by atoms with van der Waals surface area (Å²) >= 11 is 0. The summed E-state index contributed by atoms with van der Waals surface area (Å²) in [6.07, 6.45) is 3.55. The second-order valence-corrected chi connectivity index (χ2v) is 7.67. The van der Waals surface area contributed by atoms with Gasteiger partial charge >= 0.3 is 0 Å². The van der Waals surface area contributed by atoms with E-state index in [4.69, 9.17) is 14.5 Å². The number of pyridine rings is 1. The van der Waals surface area contributed by atoms with Crippen LogP contribution in [0.4, 0.5) is 5.82 Å². The quantitative estimate of drug-likeness (QED) is 0.627. The fraction of sp³-hybridized carbons (Fsp3) is 0.375. The van der Waals surface area contributed by atoms with Crippen LogP contribution in [0.15, 0.2) is 48.8 Å². The molecule has 3 heterocycles. The lowest BCUT2D eigenvalue weighted by molar-refractivity contribution is 0.0187. The van der Waals surface area contributed by atoms with Crippen molar-refractivity contribution in [2.45, 2.75) is 19.9 Å². The summed E-state index contributed by atoms with van der Waals surface area (Å²) in [5.74, 6) is 2.41. The summed E-state index contributed by atoms with van der Waals surface area (Å²) in [7, 11) is 1.69. The van der Waals surface area contributed by atoms with Gasteiger partial charge in [-0.1, -0.05) is 12.1 Å². The van der Waals surface area contributed by atoms with Gasteiger partial charge in [-0.05, 0) is 43.7 Å². The molecule has 0 radical (unpaired) electrons. The van der Waals surface area contributed by atoms with Crippen LogP contribution in [0.2, 0.25) is 0 Å². The first kappa shape index (κ1) is 21.2. The van der Waals surface area contributed by atoms with E-state index in [9.17, 15) is 0 Å². The summed E-state index contributed by atoms with van der Waals surface area (Å²) in [4.78, 5) is 16.1. The number of benzene rings is 1. The first-order chi connectivity index (χ1) is 15.2. The monoisotopic (exact) mass is 419 g/mol. The highest BCUT2D eigenvalue weighted by atomic mass is 16.5. The van der Waals surface area contributed by atoms with E-state index < -0.39 is 0 Å². The minimum absolute atomic E-state index is 0.200. The van der Waals surface area contributed by atoms with Gasteiger partial charge < -0.3 is 14.8 Å². The third kappa shape index (κ3) is 5.00. The van der Waals surface area contributed by atoms with Crippen LogP contribution < -0.4 is 10.1 Å². The van der Waals surface area contributed by atoms with Crippen LogP contribution >= 0.6 is 0 Å². The molecule has 0 amide bonds. The average Bonchev–Trinajstić information content (AvgIpc) is 2.83. The van der Waals surface area contributed by atoms with E-state index in [-0.39, 0.29) is 6.04 Å². The number of hydrogen-bond donors (Lipinski definition) is 1. The molecule has 3 aromatic rings. The highest BCUT2D eigenvalue weighted by molar-refractivity contribution is 5.58. The van der Waals surface area contributed by atoms with E-state index in [1.54, 1.807) is 19.5 Å². The second kappa shape index (κ2) is 9.85. The maximum atomic E-state index is 5.58. The van der Waals surface area contributed by atoms with Gasteiger partial charge in [-0.3, -0.25) is 9.88 Å². The molecule has 162 valence electrons. The van der Waals surface area contributed by atoms with E-state index >= 15 is 0 Å². The Bertz CT molecular complexity index is 989. The lowest BCUT2D eigenvalue weighted by Crippen LogP contribution is -2.41. The van der Waals surface area contributed by atoms with Gasteiger partial charge in [-0.25, -0.2) is 9.97 Å². The maximum Gasteiger partial charge on any atom is 0.163 e. The van der Waals surface area contributed by atoms with Gasteiger partial charge in [0.2, 0.25) is 0 Å². The van der Waals surface area contributed by atoms with Crippen LogP contribution in [0, 0.1) is 13.8 Å². The molecule has 1 N–H and O–H groups in total. The Labute approximate surface area is 183 Å². The van der Waals surface area contributed by atoms with E-state index in [0.717, 1.165) is 61.2 Å². The van der Waals surface area contributed by atoms with Crippen LogP contribution in [-0.4, -0.2) is 59.8 Å². The van der Waals surface area contributed by atoms with E-state index in [1.165, 1.54) is 5.56 Å². The smallest absolute Gasteiger partial charge is 0.163 e. The fourth-order valence-electron chi connectivity index (χ4n) is 3.79. The third-order valence-corrected chi connectivity index (χ3v) is 5.76. The van der Waals surface area contributed by atoms with Crippen LogP contribution in [0.5, 0.6) is 5.75 Å². The van der Waals surface area contributed by atoms with E-state index in [0.29, 0.717) is 5.82 Å². The number of hydrogen-bond acceptors (Lipinski definition) is 7. The standard InChI is InChI=1S/C24H29N5O2/c1-17-18(2)27-24(20-5-4-10-25-15-20)28-23(17)26-16-22(29-11-13-31-14-12-29)19-6-8-21(30-3)9-7-19/h4-10,15,22H,11-14,16H2,1-3H3,(H,26,27,28). The molecule has 0 bridgehead atoms. The zero-order valence-corrected chi connectivity index (χ0v) is 18.3. The fourth-order valence-corrected chi connectivity index (χ4v) is 3.79. The zero-order chi connectivity index (χ0) is 21.6. The molecule has 1 fully saturated rings. The largest absolute Gasteiger partial charge is 0.497 e. The van der Waals surface area contributed by atoms with Crippen molar-refractivity contribution < 1.29 is 9.47 Å². The Morgan fingerprint density at radius 3 is 2.55 bits per heavy atom. The van der Waals surface area contributed by atoms with E-state index in [1.807, 2.05) is 31.2 Å². The highest BCUT2D eigenvalue weighted by Crippen LogP contribution is 2.26. The minimum Gasteiger partial charge on any atom is -0.497 e. The molecule has 1 aliphatic rings. The summed E-state index contributed by atoms with van der Waals surface area (Å²) in [6.45, 7) is 8.12. The molecule has 0 saturated carbocycles. The molecule has 1 unspecified atom stereocenters. The number of rotatable bonds is 7. The van der Waals surface area contributed by atoms with Gasteiger partial charge in [0, 0.05) is 48.8 Å². The Kier molecular flexibility index (Phi) is 6.74. The van der Waals surface area contributed by atoms with Gasteiger partial charge in [0.25, 0.3) is 0 Å². The summed E-state index contributed by atoms with van der Waals surface area (Å²) in [5, 5.41) is 3.60. The number of nitrogens with zero attached hydrogens (tertiary/aromatic N) is 4. The molecule has 1 aromatic carbocycles. The predicted molar refractivity (Wildman–Crippen MR) is 121 cm³/mol. The first-order valence-corrected chi connectivity index (χ1v) is 10.6. The molecule has 1 aliphatic heterocycles. The molecule has 1 atom stereocenters. The highest BCUT2D eigenvalue weighted by Gasteiger charge is 2.23. The van der Waals surface area contributed by atoms with Crippen molar-refractivity contribution in [1.29, 1.82) is 0 Å². The average molecular weight is 420 g/mol. The molecule has 4 rings (SSSR count). The zero-order valence-electron chi connectivity index (χ0n) is 18.3. The van der Waals surface area contributed by atoms with Crippen molar-refractivity contribution in [2.75, 3.05) is 45.3 Å². The number of methoxy groups -OCH3 is 1. The summed E-state index contributed by atoms with van der Waals surface area (Å²) in [5.41, 5.74) is 4.17. The number of aryl methyl sites for hydroxylation is 1. The van der Waals surface area contributed by atoms with Gasteiger partial charge in [0.15, 0.2) is 5.82 Å². The normalized spacial score (nSPS) is 15.5. The van der Waals surface area contributed by atoms with Crippen LogP contribution in [0.1, 0.15) is 22.9 Å². The second-order valence-electron chi connectivity index (χ2n) is 7.67. The SMILES string of the molecule is COc1ccc(C(CNc2nc(-c3cccnc3)nc(C)c2C)N2CCOCC2)cc1. The van der Waals surface area contributed by atoms with Gasteiger partial charge in [0.05, 0.1) is 26.4 Å². The molecule has 2 aromatic heterocycles. The minimum atomic E-state index is 0.200. The molecule has 7 nitrogen and oxygen atoms in total. The molecular formula is C24H29N5O2. The lowest BCUT2D eigenvalue weighted by atomic mass is 10.0. The van der Waals surface area contributed by atoms with Crippen molar-refractivity contribution in [1.82, 2.24) is 19.9 Å². The Balaban J connectivity index is 1.59. The van der Waals surface area contributed by atoms with Gasteiger partial charge in [-0.15, -0.1) is 0 Å². The Morgan fingerprint density at radius 2 is 1.87 bits per heavy atom. The third-order valence-electron chi connectivity index (χ3n) is 5.76.